The maximum atomic E-state index is 4.55. The van der Waals surface area contributed by atoms with E-state index in [1.807, 2.05) is 11.3 Å². The molecule has 2 rings (SSSR count). The Morgan fingerprint density at radius 2 is 2.29 bits per heavy atom. The molecule has 4 heteroatoms. The summed E-state index contributed by atoms with van der Waals surface area (Å²) in [6, 6.07) is 4.74. The van der Waals surface area contributed by atoms with Crippen LogP contribution in [0, 0.1) is 6.92 Å². The Kier molecular flexibility index (Phi) is 4.71. The molecule has 0 bridgehead atoms. The summed E-state index contributed by atoms with van der Waals surface area (Å²) in [6.45, 7) is 5.32. The zero-order valence-corrected chi connectivity index (χ0v) is 11.9. The molecule has 0 fully saturated rings. The molecule has 0 aliphatic heterocycles. The second kappa shape index (κ2) is 6.28. The van der Waals surface area contributed by atoms with Crippen LogP contribution in [0.15, 0.2) is 22.9 Å². The fraction of sp³-hybridized carbons (Fsp3) is 0.462. The summed E-state index contributed by atoms with van der Waals surface area (Å²) in [7, 11) is 0. The first-order valence-corrected chi connectivity index (χ1v) is 7.73. The van der Waals surface area contributed by atoms with Gasteiger partial charge in [0, 0.05) is 28.4 Å². The average Bonchev–Trinajstić information content (AvgIpc) is 2.95. The molecule has 92 valence electrons. The van der Waals surface area contributed by atoms with Crippen LogP contribution in [0.5, 0.6) is 0 Å². The van der Waals surface area contributed by atoms with E-state index in [2.05, 4.69) is 47.0 Å². The zero-order valence-electron chi connectivity index (χ0n) is 10.3. The quantitative estimate of drug-likeness (QED) is 0.860. The lowest BCUT2D eigenvalue weighted by Gasteiger charge is -2.15. The number of hydrogen-bond donors (Lipinski definition) is 1. The van der Waals surface area contributed by atoms with E-state index in [-0.39, 0.29) is 0 Å². The number of thiazole rings is 1. The number of nitrogens with one attached hydrogen (secondary N) is 1. The van der Waals surface area contributed by atoms with Crippen LogP contribution in [0.2, 0.25) is 0 Å². The van der Waals surface area contributed by atoms with E-state index in [1.165, 1.54) is 16.3 Å². The van der Waals surface area contributed by atoms with Crippen LogP contribution in [0.3, 0.4) is 0 Å². The zero-order chi connectivity index (χ0) is 12.1. The Bertz CT molecular complexity index is 434. The van der Waals surface area contributed by atoms with Crippen LogP contribution in [-0.2, 0) is 6.42 Å². The minimum Gasteiger partial charge on any atom is -0.309 e. The van der Waals surface area contributed by atoms with Crippen molar-refractivity contribution in [2.24, 2.45) is 0 Å². The van der Waals surface area contributed by atoms with Crippen molar-refractivity contribution >= 4 is 22.7 Å². The number of nitrogens with zero attached hydrogens (tertiary/aromatic N) is 1. The number of thiophene rings is 1. The fourth-order valence-electron chi connectivity index (χ4n) is 1.75. The summed E-state index contributed by atoms with van der Waals surface area (Å²) in [5, 5.41) is 9.10. The van der Waals surface area contributed by atoms with Crippen molar-refractivity contribution in [2.45, 2.75) is 32.7 Å². The van der Waals surface area contributed by atoms with Crippen molar-refractivity contribution in [3.63, 3.8) is 0 Å². The predicted molar refractivity (Wildman–Crippen MR) is 75.9 cm³/mol. The third kappa shape index (κ3) is 3.63. The van der Waals surface area contributed by atoms with Crippen molar-refractivity contribution in [1.29, 1.82) is 0 Å². The van der Waals surface area contributed by atoms with Crippen LogP contribution >= 0.6 is 22.7 Å². The van der Waals surface area contributed by atoms with Crippen molar-refractivity contribution in [3.8, 4) is 0 Å². The minimum absolute atomic E-state index is 0.417. The Morgan fingerprint density at radius 1 is 1.41 bits per heavy atom. The van der Waals surface area contributed by atoms with E-state index in [1.54, 1.807) is 11.3 Å². The van der Waals surface area contributed by atoms with E-state index < -0.39 is 0 Å². The summed E-state index contributed by atoms with van der Waals surface area (Å²) in [5.41, 5.74) is 1.13. The average molecular weight is 266 g/mol. The van der Waals surface area contributed by atoms with Crippen LogP contribution in [0.4, 0.5) is 0 Å². The third-order valence-electron chi connectivity index (χ3n) is 2.57. The van der Waals surface area contributed by atoms with Crippen molar-refractivity contribution in [3.05, 3.63) is 38.5 Å². The van der Waals surface area contributed by atoms with Crippen LogP contribution < -0.4 is 5.32 Å². The smallest absolute Gasteiger partial charge is 0.0947 e. The highest BCUT2D eigenvalue weighted by molar-refractivity contribution is 7.10. The van der Waals surface area contributed by atoms with Gasteiger partial charge in [0.1, 0.15) is 0 Å². The molecular weight excluding hydrogens is 248 g/mol. The van der Waals surface area contributed by atoms with Gasteiger partial charge in [0.05, 0.1) is 5.01 Å². The summed E-state index contributed by atoms with van der Waals surface area (Å²) in [6.07, 6.45) is 2.16. The molecular formula is C13H18N2S2. The van der Waals surface area contributed by atoms with Gasteiger partial charge >= 0.3 is 0 Å². The van der Waals surface area contributed by atoms with Crippen LogP contribution in [0.1, 0.15) is 35.0 Å². The van der Waals surface area contributed by atoms with Crippen molar-refractivity contribution in [2.75, 3.05) is 6.54 Å². The molecule has 17 heavy (non-hydrogen) atoms. The van der Waals surface area contributed by atoms with Crippen LogP contribution in [0.25, 0.3) is 0 Å². The normalized spacial score (nSPS) is 12.8. The highest BCUT2D eigenvalue weighted by Crippen LogP contribution is 2.24. The molecule has 2 nitrogen and oxygen atoms in total. The highest BCUT2D eigenvalue weighted by atomic mass is 32.1. The standard InChI is InChI=1S/C13H18N2S2/c1-3-6-14-11(12-5-4-7-16-12)8-13-15-10(2)9-17-13/h4-5,7,9,11,14H,3,6,8H2,1-2H3. The van der Waals surface area contributed by atoms with E-state index in [9.17, 15) is 0 Å². The van der Waals surface area contributed by atoms with Crippen molar-refractivity contribution < 1.29 is 0 Å². The lowest BCUT2D eigenvalue weighted by atomic mass is 10.1. The number of aryl methyl sites for hydroxylation is 1. The third-order valence-corrected chi connectivity index (χ3v) is 4.55. The SMILES string of the molecule is CCCNC(Cc1nc(C)cs1)c1cccs1. The van der Waals surface area contributed by atoms with Gasteiger partial charge in [0.25, 0.3) is 0 Å². The number of rotatable bonds is 6. The van der Waals surface area contributed by atoms with Gasteiger partial charge in [-0.05, 0) is 31.3 Å². The van der Waals surface area contributed by atoms with Gasteiger partial charge in [0.2, 0.25) is 0 Å². The first-order chi connectivity index (χ1) is 8.29. The molecule has 2 heterocycles. The van der Waals surface area contributed by atoms with E-state index in [0.717, 1.165) is 18.7 Å². The molecule has 1 unspecified atom stereocenters. The Labute approximate surface area is 111 Å². The molecule has 2 aromatic heterocycles. The van der Waals surface area contributed by atoms with Gasteiger partial charge in [-0.1, -0.05) is 13.0 Å². The Morgan fingerprint density at radius 3 is 2.88 bits per heavy atom. The maximum Gasteiger partial charge on any atom is 0.0947 e. The first kappa shape index (κ1) is 12.7. The molecule has 1 N–H and O–H groups in total. The molecule has 0 spiro atoms. The molecule has 0 saturated carbocycles. The maximum absolute atomic E-state index is 4.55. The Balaban J connectivity index is 2.05. The lowest BCUT2D eigenvalue weighted by Crippen LogP contribution is -2.23. The van der Waals surface area contributed by atoms with Gasteiger partial charge in [-0.25, -0.2) is 4.98 Å². The fourth-order valence-corrected chi connectivity index (χ4v) is 3.37. The lowest BCUT2D eigenvalue weighted by molar-refractivity contribution is 0.535. The molecule has 1 atom stereocenters. The van der Waals surface area contributed by atoms with E-state index in [4.69, 9.17) is 0 Å². The summed E-state index contributed by atoms with van der Waals surface area (Å²) < 4.78 is 0. The van der Waals surface area contributed by atoms with Gasteiger partial charge in [-0.2, -0.15) is 0 Å². The monoisotopic (exact) mass is 266 g/mol. The summed E-state index contributed by atoms with van der Waals surface area (Å²) >= 11 is 3.58. The van der Waals surface area contributed by atoms with Crippen molar-refractivity contribution in [1.82, 2.24) is 10.3 Å². The second-order valence-corrected chi connectivity index (χ2v) is 6.03. The predicted octanol–water partition coefficient (Wildman–Crippen LogP) is 3.80. The first-order valence-electron chi connectivity index (χ1n) is 5.97. The molecule has 0 aromatic carbocycles. The molecule has 0 amide bonds. The van der Waals surface area contributed by atoms with E-state index >= 15 is 0 Å². The van der Waals surface area contributed by atoms with E-state index in [0.29, 0.717) is 6.04 Å². The molecule has 0 radical (unpaired) electrons. The molecule has 0 aliphatic rings. The Hall–Kier alpha value is -0.710. The summed E-state index contributed by atoms with van der Waals surface area (Å²) in [4.78, 5) is 5.96. The molecule has 0 saturated heterocycles. The van der Waals surface area contributed by atoms with Gasteiger partial charge in [-0.3, -0.25) is 0 Å². The minimum atomic E-state index is 0.417. The van der Waals surface area contributed by atoms with Gasteiger partial charge in [0.15, 0.2) is 0 Å². The topological polar surface area (TPSA) is 24.9 Å². The van der Waals surface area contributed by atoms with Gasteiger partial charge < -0.3 is 5.32 Å². The number of aromatic nitrogens is 1. The summed E-state index contributed by atoms with van der Waals surface area (Å²) in [5.74, 6) is 0. The van der Waals surface area contributed by atoms with Gasteiger partial charge in [-0.15, -0.1) is 22.7 Å². The largest absolute Gasteiger partial charge is 0.309 e. The van der Waals surface area contributed by atoms with Crippen LogP contribution in [-0.4, -0.2) is 11.5 Å². The second-order valence-electron chi connectivity index (χ2n) is 4.11. The number of hydrogen-bond acceptors (Lipinski definition) is 4. The highest BCUT2D eigenvalue weighted by Gasteiger charge is 2.14. The molecule has 2 aromatic rings. The molecule has 0 aliphatic carbocycles.